The molecule has 6 nitrogen and oxygen atoms in total. The van der Waals surface area contributed by atoms with E-state index in [0.29, 0.717) is 6.42 Å². The predicted octanol–water partition coefficient (Wildman–Crippen LogP) is 2.46. The summed E-state index contributed by atoms with van der Waals surface area (Å²) >= 11 is 0. The van der Waals surface area contributed by atoms with Crippen molar-refractivity contribution in [2.24, 2.45) is 0 Å². The van der Waals surface area contributed by atoms with Crippen LogP contribution in [0.25, 0.3) is 0 Å². The number of hydrogen-bond acceptors (Lipinski definition) is 5. The summed E-state index contributed by atoms with van der Waals surface area (Å²) < 4.78 is 32.0. The summed E-state index contributed by atoms with van der Waals surface area (Å²) in [5.41, 5.74) is 0. The van der Waals surface area contributed by atoms with Crippen molar-refractivity contribution in [3.63, 3.8) is 0 Å². The molecule has 0 unspecified atom stereocenters. The van der Waals surface area contributed by atoms with Crippen molar-refractivity contribution < 1.29 is 17.2 Å². The number of hydrogen-bond donors (Lipinski definition) is 1. The van der Waals surface area contributed by atoms with Crippen LogP contribution < -0.4 is 0 Å². The van der Waals surface area contributed by atoms with Gasteiger partial charge in [0, 0.05) is 26.0 Å². The molecular weight excluding hydrogens is 280 g/mol. The zero-order valence-electron chi connectivity index (χ0n) is 12.8. The average Bonchev–Trinajstić information content (AvgIpc) is 2.78. The number of unbranched alkanes of at least 4 members (excludes halogenated alkanes) is 3. The minimum atomic E-state index is -4.20. The van der Waals surface area contributed by atoms with E-state index in [1.165, 1.54) is 19.4 Å². The monoisotopic (exact) mass is 308 g/mol. The minimum absolute atomic E-state index is 0.0761. The highest BCUT2D eigenvalue weighted by atomic mass is 32.3. The van der Waals surface area contributed by atoms with Gasteiger partial charge in [0.05, 0.1) is 13.3 Å². The third-order valence-corrected chi connectivity index (χ3v) is 3.18. The maximum Gasteiger partial charge on any atom is 0.397 e. The minimum Gasteiger partial charge on any atom is -0.362 e. The molecule has 120 valence electrons. The van der Waals surface area contributed by atoms with Crippen LogP contribution in [0.1, 0.15) is 46.0 Å². The van der Waals surface area contributed by atoms with Gasteiger partial charge in [-0.2, -0.15) is 8.42 Å². The lowest BCUT2D eigenvalue weighted by molar-refractivity contribution is 0.262. The van der Waals surface area contributed by atoms with E-state index in [0.717, 1.165) is 19.5 Å². The third kappa shape index (κ3) is 12.3. The molecule has 0 amide bonds. The summed E-state index contributed by atoms with van der Waals surface area (Å²) in [5.74, 6) is 0. The van der Waals surface area contributed by atoms with E-state index in [-0.39, 0.29) is 6.61 Å². The number of nitrogens with zero attached hydrogens (tertiary/aromatic N) is 2. The summed E-state index contributed by atoms with van der Waals surface area (Å²) in [7, 11) is -2.10. The Hall–Kier alpha value is -0.790. The lowest BCUT2D eigenvalue weighted by Gasteiger charge is -2.17. The van der Waals surface area contributed by atoms with Crippen molar-refractivity contribution in [1.29, 1.82) is 0 Å². The van der Waals surface area contributed by atoms with E-state index in [2.05, 4.69) is 40.4 Å². The van der Waals surface area contributed by atoms with Gasteiger partial charge in [-0.05, 0) is 12.8 Å². The molecule has 1 aliphatic rings. The van der Waals surface area contributed by atoms with Crippen molar-refractivity contribution in [3.8, 4) is 0 Å². The van der Waals surface area contributed by atoms with Crippen LogP contribution in [0.2, 0.25) is 0 Å². The summed E-state index contributed by atoms with van der Waals surface area (Å²) in [6, 6.07) is 0. The molecule has 1 aliphatic heterocycles. The molecule has 0 bridgehead atoms. The third-order valence-electron chi connectivity index (χ3n) is 2.72. The second-order valence-corrected chi connectivity index (χ2v) is 5.91. The lowest BCUT2D eigenvalue weighted by Crippen LogP contribution is -2.23. The van der Waals surface area contributed by atoms with Gasteiger partial charge < -0.3 is 9.80 Å². The summed E-state index contributed by atoms with van der Waals surface area (Å²) in [6.07, 6.45) is 9.44. The fourth-order valence-corrected chi connectivity index (χ4v) is 1.94. The van der Waals surface area contributed by atoms with Gasteiger partial charge in [0.25, 0.3) is 0 Å². The van der Waals surface area contributed by atoms with E-state index < -0.39 is 10.4 Å². The second kappa shape index (κ2) is 10.9. The van der Waals surface area contributed by atoms with Crippen molar-refractivity contribution in [2.45, 2.75) is 46.0 Å². The zero-order chi connectivity index (χ0) is 15.4. The molecule has 0 aliphatic carbocycles. The molecule has 0 saturated carbocycles. The SMILES string of the molecule is CCCCCOS(=O)(=O)O.CCCCN1C=CN(C)C1. The van der Waals surface area contributed by atoms with Gasteiger partial charge in [0.2, 0.25) is 0 Å². The highest BCUT2D eigenvalue weighted by Crippen LogP contribution is 2.04. The Morgan fingerprint density at radius 2 is 1.80 bits per heavy atom. The van der Waals surface area contributed by atoms with Gasteiger partial charge in [-0.1, -0.05) is 33.1 Å². The van der Waals surface area contributed by atoms with Crippen molar-refractivity contribution in [3.05, 3.63) is 12.4 Å². The second-order valence-electron chi connectivity index (χ2n) is 4.82. The summed E-state index contributed by atoms with van der Waals surface area (Å²) in [6.45, 7) is 6.57. The Morgan fingerprint density at radius 3 is 2.25 bits per heavy atom. The maximum atomic E-state index is 9.93. The first-order valence-corrected chi connectivity index (χ1v) is 8.50. The topological polar surface area (TPSA) is 70.1 Å². The molecular formula is C13H28N2O4S. The maximum absolute atomic E-state index is 9.93. The van der Waals surface area contributed by atoms with Crippen molar-refractivity contribution in [1.82, 2.24) is 9.80 Å². The summed E-state index contributed by atoms with van der Waals surface area (Å²) in [5, 5.41) is 0. The molecule has 1 heterocycles. The molecule has 20 heavy (non-hydrogen) atoms. The lowest BCUT2D eigenvalue weighted by atomic mass is 10.3. The summed E-state index contributed by atoms with van der Waals surface area (Å²) in [4.78, 5) is 4.53. The fourth-order valence-electron chi connectivity index (χ4n) is 1.61. The van der Waals surface area contributed by atoms with Crippen LogP contribution in [0.5, 0.6) is 0 Å². The van der Waals surface area contributed by atoms with Crippen LogP contribution in [0.3, 0.4) is 0 Å². The average molecular weight is 308 g/mol. The molecule has 0 aromatic carbocycles. The zero-order valence-corrected chi connectivity index (χ0v) is 13.6. The normalized spacial score (nSPS) is 14.4. The molecule has 7 heteroatoms. The molecule has 0 radical (unpaired) electrons. The van der Waals surface area contributed by atoms with Gasteiger partial charge >= 0.3 is 10.4 Å². The van der Waals surface area contributed by atoms with E-state index in [4.69, 9.17) is 4.55 Å². The van der Waals surface area contributed by atoms with Gasteiger partial charge in [-0.25, -0.2) is 4.18 Å². The van der Waals surface area contributed by atoms with Gasteiger partial charge in [0.1, 0.15) is 0 Å². The van der Waals surface area contributed by atoms with E-state index in [1.54, 1.807) is 0 Å². The van der Waals surface area contributed by atoms with Gasteiger partial charge in [-0.3, -0.25) is 4.55 Å². The molecule has 0 saturated heterocycles. The number of rotatable bonds is 8. The predicted molar refractivity (Wildman–Crippen MR) is 80.4 cm³/mol. The largest absolute Gasteiger partial charge is 0.397 e. The van der Waals surface area contributed by atoms with E-state index >= 15 is 0 Å². The smallest absolute Gasteiger partial charge is 0.362 e. The molecule has 0 spiro atoms. The first-order valence-electron chi connectivity index (χ1n) is 7.13. The molecule has 0 aromatic heterocycles. The molecule has 1 rings (SSSR count). The molecule has 0 atom stereocenters. The first kappa shape index (κ1) is 19.2. The fraction of sp³-hybridized carbons (Fsp3) is 0.846. The molecule has 0 aromatic rings. The van der Waals surface area contributed by atoms with E-state index in [9.17, 15) is 8.42 Å². The Balaban J connectivity index is 0.000000361. The first-order chi connectivity index (χ1) is 9.39. The quantitative estimate of drug-likeness (QED) is 0.548. The van der Waals surface area contributed by atoms with Crippen LogP contribution in [0.4, 0.5) is 0 Å². The van der Waals surface area contributed by atoms with Crippen LogP contribution in [-0.2, 0) is 14.6 Å². The molecule has 0 fully saturated rings. The van der Waals surface area contributed by atoms with Crippen molar-refractivity contribution in [2.75, 3.05) is 26.9 Å². The van der Waals surface area contributed by atoms with Crippen LogP contribution in [-0.4, -0.2) is 49.6 Å². The van der Waals surface area contributed by atoms with Crippen molar-refractivity contribution >= 4 is 10.4 Å². The van der Waals surface area contributed by atoms with Crippen LogP contribution in [0.15, 0.2) is 12.4 Å². The standard InChI is InChI=1S/C8H16N2.C5H12O4S/c1-3-4-5-10-7-6-9(2)8-10;1-2-3-4-5-9-10(6,7)8/h6-7H,3-5,8H2,1-2H3;2-5H2,1H3,(H,6,7,8). The van der Waals surface area contributed by atoms with E-state index in [1.807, 2.05) is 6.92 Å². The van der Waals surface area contributed by atoms with Crippen LogP contribution >= 0.6 is 0 Å². The van der Waals surface area contributed by atoms with Gasteiger partial charge in [-0.15, -0.1) is 0 Å². The highest BCUT2D eigenvalue weighted by Gasteiger charge is 2.05. The Morgan fingerprint density at radius 1 is 1.15 bits per heavy atom. The Bertz CT molecular complexity index is 357. The van der Waals surface area contributed by atoms with Crippen LogP contribution in [0, 0.1) is 0 Å². The van der Waals surface area contributed by atoms with Gasteiger partial charge in [0.15, 0.2) is 0 Å². The Kier molecular flexibility index (Phi) is 10.5. The highest BCUT2D eigenvalue weighted by molar-refractivity contribution is 7.80. The molecule has 1 N–H and O–H groups in total. The Labute approximate surface area is 123 Å².